The van der Waals surface area contributed by atoms with Gasteiger partial charge in [0.15, 0.2) is 0 Å². The van der Waals surface area contributed by atoms with Crippen LogP contribution in [0.2, 0.25) is 0 Å². The van der Waals surface area contributed by atoms with Crippen molar-refractivity contribution in [1.29, 1.82) is 0 Å². The topological polar surface area (TPSA) is 74.8 Å². The van der Waals surface area contributed by atoms with Crippen molar-refractivity contribution in [3.8, 4) is 0 Å². The summed E-state index contributed by atoms with van der Waals surface area (Å²) in [6.07, 6.45) is 1.37. The Bertz CT molecular complexity index is 1050. The molecule has 2 amide bonds. The Morgan fingerprint density at radius 3 is 2.28 bits per heavy atom. The van der Waals surface area contributed by atoms with Crippen LogP contribution >= 0.6 is 0 Å². The zero-order valence-corrected chi connectivity index (χ0v) is 22.5. The van der Waals surface area contributed by atoms with Crippen LogP contribution in [0.1, 0.15) is 60.9 Å². The molecule has 3 heterocycles. The van der Waals surface area contributed by atoms with Gasteiger partial charge in [0.05, 0.1) is 17.3 Å². The zero-order chi connectivity index (χ0) is 26.0. The number of nitrogens with zero attached hydrogens (tertiary/aromatic N) is 3. The maximum absolute atomic E-state index is 13.2. The number of carbonyl (C=O) groups is 2. The minimum absolute atomic E-state index is 0.109. The van der Waals surface area contributed by atoms with Gasteiger partial charge in [-0.3, -0.25) is 9.78 Å². The van der Waals surface area contributed by atoms with Gasteiger partial charge < -0.3 is 19.9 Å². The van der Waals surface area contributed by atoms with Gasteiger partial charge in [-0.2, -0.15) is 0 Å². The van der Waals surface area contributed by atoms with Gasteiger partial charge in [0.25, 0.3) is 5.91 Å². The second-order valence-corrected chi connectivity index (χ2v) is 11.5. The highest BCUT2D eigenvalue weighted by Crippen LogP contribution is 2.34. The van der Waals surface area contributed by atoms with E-state index in [2.05, 4.69) is 34.3 Å². The Hall–Kier alpha value is -2.93. The number of carbonyl (C=O) groups excluding carboxylic acids is 2. The van der Waals surface area contributed by atoms with Crippen molar-refractivity contribution in [3.05, 3.63) is 65.0 Å². The van der Waals surface area contributed by atoms with E-state index >= 15 is 0 Å². The first-order valence-corrected chi connectivity index (χ1v) is 13.0. The first-order chi connectivity index (χ1) is 17.0. The van der Waals surface area contributed by atoms with Gasteiger partial charge in [0.1, 0.15) is 5.60 Å². The lowest BCUT2D eigenvalue weighted by Gasteiger charge is -2.31. The molecule has 2 aliphatic heterocycles. The van der Waals surface area contributed by atoms with E-state index in [1.165, 1.54) is 0 Å². The van der Waals surface area contributed by atoms with Crippen LogP contribution in [0.5, 0.6) is 0 Å². The van der Waals surface area contributed by atoms with Gasteiger partial charge >= 0.3 is 6.09 Å². The molecule has 7 nitrogen and oxygen atoms in total. The van der Waals surface area contributed by atoms with Gasteiger partial charge in [-0.05, 0) is 69.6 Å². The number of hydrogen-bond acceptors (Lipinski definition) is 5. The summed E-state index contributed by atoms with van der Waals surface area (Å²) in [5, 5.41) is 3.12. The SMILES string of the molecule is Cc1ccnc(C)c1C(=O)N1CC2CN(CC(C)[C@H](NC(=O)OC(C)(C)C)c3ccccc3)CC2C1. The standard InChI is InChI=1S/C29H40N4O3/c1-19-12-13-30-21(3)25(19)27(34)33-17-23-15-32(16-24(23)18-33)14-20(2)26(22-10-8-7-9-11-22)31-28(35)36-29(4,5)6/h7-13,20,23-24,26H,14-18H2,1-6H3,(H,31,35)/t20?,23?,24?,26-/m0/s1. The number of nitrogens with one attached hydrogen (secondary N) is 1. The van der Waals surface area contributed by atoms with E-state index in [0.29, 0.717) is 11.8 Å². The summed E-state index contributed by atoms with van der Waals surface area (Å²) in [6, 6.07) is 11.9. The molecule has 1 aromatic heterocycles. The van der Waals surface area contributed by atoms with Gasteiger partial charge in [0, 0.05) is 38.9 Å². The highest BCUT2D eigenvalue weighted by Gasteiger charge is 2.42. The summed E-state index contributed by atoms with van der Waals surface area (Å²) in [5.74, 6) is 1.26. The number of ether oxygens (including phenoxy) is 1. The van der Waals surface area contributed by atoms with Crippen LogP contribution in [-0.2, 0) is 4.74 Å². The van der Waals surface area contributed by atoms with E-state index in [-0.39, 0.29) is 17.9 Å². The van der Waals surface area contributed by atoms with E-state index < -0.39 is 11.7 Å². The minimum Gasteiger partial charge on any atom is -0.444 e. The van der Waals surface area contributed by atoms with Crippen molar-refractivity contribution >= 4 is 12.0 Å². The number of benzene rings is 1. The number of aromatic nitrogens is 1. The first-order valence-electron chi connectivity index (χ1n) is 13.0. The second kappa shape index (κ2) is 10.6. The quantitative estimate of drug-likeness (QED) is 0.638. The molecule has 1 aromatic carbocycles. The molecule has 194 valence electrons. The first kappa shape index (κ1) is 26.1. The Balaban J connectivity index is 1.37. The average Bonchev–Trinajstić information content (AvgIpc) is 3.35. The third-order valence-electron chi connectivity index (χ3n) is 7.36. The number of hydrogen-bond donors (Lipinski definition) is 1. The number of rotatable bonds is 6. The van der Waals surface area contributed by atoms with E-state index in [4.69, 9.17) is 4.74 Å². The molecule has 2 saturated heterocycles. The Morgan fingerprint density at radius 2 is 1.69 bits per heavy atom. The molecule has 0 aliphatic carbocycles. The van der Waals surface area contributed by atoms with E-state index in [1.54, 1.807) is 6.20 Å². The molecule has 2 aromatic rings. The molecular formula is C29H40N4O3. The van der Waals surface area contributed by atoms with Crippen molar-refractivity contribution in [2.45, 2.75) is 53.2 Å². The van der Waals surface area contributed by atoms with Crippen molar-refractivity contribution in [2.75, 3.05) is 32.7 Å². The lowest BCUT2D eigenvalue weighted by atomic mass is 9.94. The van der Waals surface area contributed by atoms with Crippen LogP contribution < -0.4 is 5.32 Å². The highest BCUT2D eigenvalue weighted by molar-refractivity contribution is 5.96. The van der Waals surface area contributed by atoms with Gasteiger partial charge in [0.2, 0.25) is 0 Å². The number of amides is 2. The molecule has 0 bridgehead atoms. The zero-order valence-electron chi connectivity index (χ0n) is 22.5. The minimum atomic E-state index is -0.544. The molecule has 7 heteroatoms. The van der Waals surface area contributed by atoms with Crippen molar-refractivity contribution in [3.63, 3.8) is 0 Å². The fourth-order valence-corrected chi connectivity index (χ4v) is 5.74. The smallest absolute Gasteiger partial charge is 0.408 e. The Morgan fingerprint density at radius 1 is 1.06 bits per heavy atom. The summed E-state index contributed by atoms with van der Waals surface area (Å²) in [6.45, 7) is 16.1. The van der Waals surface area contributed by atoms with Crippen LogP contribution in [0, 0.1) is 31.6 Å². The van der Waals surface area contributed by atoms with Crippen LogP contribution in [0.3, 0.4) is 0 Å². The van der Waals surface area contributed by atoms with E-state index in [1.807, 2.05) is 63.8 Å². The maximum Gasteiger partial charge on any atom is 0.408 e. The number of fused-ring (bicyclic) bond motifs is 1. The molecule has 1 N–H and O–H groups in total. The molecule has 3 unspecified atom stereocenters. The average molecular weight is 493 g/mol. The molecule has 2 aliphatic rings. The lowest BCUT2D eigenvalue weighted by molar-refractivity contribution is 0.0480. The largest absolute Gasteiger partial charge is 0.444 e. The number of pyridine rings is 1. The highest BCUT2D eigenvalue weighted by atomic mass is 16.6. The van der Waals surface area contributed by atoms with Crippen LogP contribution in [0.25, 0.3) is 0 Å². The number of aryl methyl sites for hydroxylation is 2. The molecule has 0 radical (unpaired) electrons. The lowest BCUT2D eigenvalue weighted by Crippen LogP contribution is -2.41. The van der Waals surface area contributed by atoms with E-state index in [0.717, 1.165) is 55.1 Å². The molecule has 0 saturated carbocycles. The van der Waals surface area contributed by atoms with Gasteiger partial charge in [-0.15, -0.1) is 0 Å². The fourth-order valence-electron chi connectivity index (χ4n) is 5.74. The second-order valence-electron chi connectivity index (χ2n) is 11.5. The van der Waals surface area contributed by atoms with Crippen LogP contribution in [-0.4, -0.2) is 65.1 Å². The normalized spacial score (nSPS) is 21.7. The maximum atomic E-state index is 13.2. The predicted molar refractivity (Wildman–Crippen MR) is 141 cm³/mol. The number of alkyl carbamates (subject to hydrolysis) is 1. The fraction of sp³-hybridized carbons (Fsp3) is 0.552. The summed E-state index contributed by atoms with van der Waals surface area (Å²) in [7, 11) is 0. The molecule has 36 heavy (non-hydrogen) atoms. The van der Waals surface area contributed by atoms with Gasteiger partial charge in [-0.1, -0.05) is 37.3 Å². The third kappa shape index (κ3) is 6.06. The van der Waals surface area contributed by atoms with Crippen molar-refractivity contribution < 1.29 is 14.3 Å². The summed E-state index contributed by atoms with van der Waals surface area (Å²) < 4.78 is 5.55. The molecule has 2 fully saturated rings. The molecular weight excluding hydrogens is 452 g/mol. The monoisotopic (exact) mass is 492 g/mol. The summed E-state index contributed by atoms with van der Waals surface area (Å²) in [4.78, 5) is 34.7. The van der Waals surface area contributed by atoms with Crippen molar-refractivity contribution in [2.24, 2.45) is 17.8 Å². The van der Waals surface area contributed by atoms with Crippen molar-refractivity contribution in [1.82, 2.24) is 20.1 Å². The molecule has 4 rings (SSSR count). The Kier molecular flexibility index (Phi) is 7.69. The van der Waals surface area contributed by atoms with Gasteiger partial charge in [-0.25, -0.2) is 4.79 Å². The van der Waals surface area contributed by atoms with E-state index in [9.17, 15) is 9.59 Å². The van der Waals surface area contributed by atoms with Crippen LogP contribution in [0.4, 0.5) is 4.79 Å². The molecule has 0 spiro atoms. The van der Waals surface area contributed by atoms with Crippen LogP contribution in [0.15, 0.2) is 42.6 Å². The third-order valence-corrected chi connectivity index (χ3v) is 7.36. The predicted octanol–water partition coefficient (Wildman–Crippen LogP) is 4.60. The Labute approximate surface area is 215 Å². The molecule has 4 atom stereocenters. The summed E-state index contributed by atoms with van der Waals surface area (Å²) in [5.41, 5.74) is 3.08. The number of likely N-dealkylation sites (tertiary alicyclic amines) is 2. The summed E-state index contributed by atoms with van der Waals surface area (Å²) >= 11 is 0.